The largest absolute Gasteiger partial charge is 0.392 e. The predicted octanol–water partition coefficient (Wildman–Crippen LogP) is 3.52. The molecule has 3 nitrogen and oxygen atoms in total. The van der Waals surface area contributed by atoms with Crippen molar-refractivity contribution in [3.05, 3.63) is 64.0 Å². The van der Waals surface area contributed by atoms with Gasteiger partial charge in [0, 0.05) is 25.5 Å². The van der Waals surface area contributed by atoms with E-state index in [9.17, 15) is 5.11 Å². The lowest BCUT2D eigenvalue weighted by molar-refractivity contribution is 0.267. The zero-order chi connectivity index (χ0) is 16.1. The van der Waals surface area contributed by atoms with Gasteiger partial charge in [-0.15, -0.1) is 0 Å². The summed E-state index contributed by atoms with van der Waals surface area (Å²) in [5, 5.41) is 9.62. The maximum atomic E-state index is 9.62. The van der Waals surface area contributed by atoms with Gasteiger partial charge >= 0.3 is 0 Å². The van der Waals surface area contributed by atoms with Crippen LogP contribution in [0.1, 0.15) is 40.3 Å². The van der Waals surface area contributed by atoms with E-state index >= 15 is 0 Å². The Hall–Kier alpha value is -1.71. The first-order valence-electron chi connectivity index (χ1n) is 7.87. The number of hydrogen-bond donors (Lipinski definition) is 1. The fourth-order valence-electron chi connectivity index (χ4n) is 3.01. The molecule has 1 aromatic carbocycles. The summed E-state index contributed by atoms with van der Waals surface area (Å²) < 4.78 is 0. The molecule has 0 saturated heterocycles. The highest BCUT2D eigenvalue weighted by molar-refractivity contribution is 5.44. The number of aliphatic hydroxyl groups is 1. The van der Waals surface area contributed by atoms with E-state index in [0.29, 0.717) is 0 Å². The molecule has 0 atom stereocenters. The second-order valence-corrected chi connectivity index (χ2v) is 5.91. The fourth-order valence-corrected chi connectivity index (χ4v) is 3.01. The molecule has 1 heterocycles. The molecular weight excluding hydrogens is 272 g/mol. The summed E-state index contributed by atoms with van der Waals surface area (Å²) in [6.45, 7) is 11.5. The van der Waals surface area contributed by atoms with E-state index in [0.717, 1.165) is 25.2 Å². The zero-order valence-corrected chi connectivity index (χ0v) is 14.1. The van der Waals surface area contributed by atoms with Crippen molar-refractivity contribution in [3.63, 3.8) is 0 Å². The number of nitrogens with zero attached hydrogens (tertiary/aromatic N) is 2. The van der Waals surface area contributed by atoms with Crippen LogP contribution in [0.4, 0.5) is 0 Å². The average Bonchev–Trinajstić information content (AvgIpc) is 2.51. The molecule has 0 bridgehead atoms. The van der Waals surface area contributed by atoms with Crippen molar-refractivity contribution < 1.29 is 5.11 Å². The molecular formula is C19H26N2O. The number of aryl methyl sites for hydroxylation is 2. The molecule has 0 amide bonds. The molecule has 1 aromatic heterocycles. The van der Waals surface area contributed by atoms with Crippen molar-refractivity contribution in [3.8, 4) is 0 Å². The van der Waals surface area contributed by atoms with Gasteiger partial charge in [0.05, 0.1) is 6.61 Å². The topological polar surface area (TPSA) is 36.4 Å². The van der Waals surface area contributed by atoms with E-state index in [4.69, 9.17) is 0 Å². The van der Waals surface area contributed by atoms with Crippen LogP contribution in [0.15, 0.2) is 30.6 Å². The van der Waals surface area contributed by atoms with Gasteiger partial charge in [-0.25, -0.2) is 0 Å². The number of pyridine rings is 1. The number of aromatic nitrogens is 1. The molecule has 0 aliphatic heterocycles. The first-order chi connectivity index (χ1) is 10.6. The second-order valence-electron chi connectivity index (χ2n) is 5.91. The molecule has 0 unspecified atom stereocenters. The van der Waals surface area contributed by atoms with E-state index in [1.54, 1.807) is 0 Å². The monoisotopic (exact) mass is 298 g/mol. The minimum Gasteiger partial charge on any atom is -0.392 e. The third kappa shape index (κ3) is 3.73. The zero-order valence-electron chi connectivity index (χ0n) is 14.1. The summed E-state index contributed by atoms with van der Waals surface area (Å²) in [5.41, 5.74) is 7.40. The van der Waals surface area contributed by atoms with Crippen LogP contribution in [-0.4, -0.2) is 21.5 Å². The van der Waals surface area contributed by atoms with Crippen LogP contribution in [0.2, 0.25) is 0 Å². The maximum Gasteiger partial charge on any atom is 0.0687 e. The van der Waals surface area contributed by atoms with Gasteiger partial charge < -0.3 is 5.11 Å². The Morgan fingerprint density at radius 1 is 1.00 bits per heavy atom. The van der Waals surface area contributed by atoms with Gasteiger partial charge in [0.15, 0.2) is 0 Å². The van der Waals surface area contributed by atoms with Gasteiger partial charge in [0.1, 0.15) is 0 Å². The molecule has 3 heteroatoms. The summed E-state index contributed by atoms with van der Waals surface area (Å²) in [5.74, 6) is 0. The first-order valence-corrected chi connectivity index (χ1v) is 7.87. The van der Waals surface area contributed by atoms with Crippen molar-refractivity contribution in [1.29, 1.82) is 0 Å². The Morgan fingerprint density at radius 3 is 2.23 bits per heavy atom. The highest BCUT2D eigenvalue weighted by Crippen LogP contribution is 2.24. The summed E-state index contributed by atoms with van der Waals surface area (Å²) in [4.78, 5) is 6.49. The smallest absolute Gasteiger partial charge is 0.0687 e. The summed E-state index contributed by atoms with van der Waals surface area (Å²) >= 11 is 0. The average molecular weight is 298 g/mol. The van der Waals surface area contributed by atoms with Gasteiger partial charge in [-0.1, -0.05) is 13.0 Å². The van der Waals surface area contributed by atoms with Gasteiger partial charge in [0.2, 0.25) is 0 Å². The van der Waals surface area contributed by atoms with Crippen molar-refractivity contribution in [2.24, 2.45) is 0 Å². The molecule has 0 saturated carbocycles. The summed E-state index contributed by atoms with van der Waals surface area (Å²) in [7, 11) is 0. The van der Waals surface area contributed by atoms with Crippen LogP contribution in [0.3, 0.4) is 0 Å². The molecule has 0 aliphatic carbocycles. The van der Waals surface area contributed by atoms with Crippen LogP contribution >= 0.6 is 0 Å². The van der Waals surface area contributed by atoms with Crippen LogP contribution in [0.25, 0.3) is 0 Å². The highest BCUT2D eigenvalue weighted by Gasteiger charge is 2.13. The molecule has 22 heavy (non-hydrogen) atoms. The van der Waals surface area contributed by atoms with Gasteiger partial charge in [0.25, 0.3) is 0 Å². The van der Waals surface area contributed by atoms with Crippen molar-refractivity contribution in [1.82, 2.24) is 9.88 Å². The summed E-state index contributed by atoms with van der Waals surface area (Å²) in [6.07, 6.45) is 3.69. The lowest BCUT2D eigenvalue weighted by Crippen LogP contribution is -2.23. The first kappa shape index (κ1) is 16.7. The lowest BCUT2D eigenvalue weighted by atomic mass is 9.93. The summed E-state index contributed by atoms with van der Waals surface area (Å²) in [6, 6.07) is 6.32. The Balaban J connectivity index is 2.24. The normalized spacial score (nSPS) is 11.2. The molecule has 2 aromatic rings. The van der Waals surface area contributed by atoms with E-state index < -0.39 is 0 Å². The fraction of sp³-hybridized carbons (Fsp3) is 0.421. The number of rotatable bonds is 6. The molecule has 0 radical (unpaired) electrons. The Bertz CT molecular complexity index is 623. The molecule has 118 valence electrons. The third-order valence-corrected chi connectivity index (χ3v) is 4.43. The molecule has 1 N–H and O–H groups in total. The Labute approximate surface area is 133 Å². The SMILES string of the molecule is CCN(Cc1ccncc1)Cc1c(C)cc(C)c(CO)c1C. The van der Waals surface area contributed by atoms with Crippen LogP contribution in [0, 0.1) is 20.8 Å². The minimum atomic E-state index is 0.113. The second kappa shape index (κ2) is 7.52. The van der Waals surface area contributed by atoms with E-state index in [2.05, 4.69) is 55.8 Å². The minimum absolute atomic E-state index is 0.113. The molecule has 0 spiro atoms. The maximum absolute atomic E-state index is 9.62. The Morgan fingerprint density at radius 2 is 1.64 bits per heavy atom. The lowest BCUT2D eigenvalue weighted by Gasteiger charge is -2.24. The van der Waals surface area contributed by atoms with Crippen LogP contribution < -0.4 is 0 Å². The highest BCUT2D eigenvalue weighted by atomic mass is 16.3. The predicted molar refractivity (Wildman–Crippen MR) is 90.6 cm³/mol. The number of hydrogen-bond acceptors (Lipinski definition) is 3. The van der Waals surface area contributed by atoms with Gasteiger partial charge in [-0.05, 0) is 72.8 Å². The number of aliphatic hydroxyl groups excluding tert-OH is 1. The van der Waals surface area contributed by atoms with E-state index in [1.807, 2.05) is 12.4 Å². The van der Waals surface area contributed by atoms with Gasteiger partial charge in [-0.3, -0.25) is 9.88 Å². The van der Waals surface area contributed by atoms with Crippen LogP contribution in [-0.2, 0) is 19.7 Å². The van der Waals surface area contributed by atoms with Crippen molar-refractivity contribution in [2.45, 2.75) is 47.4 Å². The molecule has 2 rings (SSSR count). The van der Waals surface area contributed by atoms with Crippen molar-refractivity contribution in [2.75, 3.05) is 6.54 Å². The number of benzene rings is 1. The van der Waals surface area contributed by atoms with E-state index in [-0.39, 0.29) is 6.61 Å². The van der Waals surface area contributed by atoms with E-state index in [1.165, 1.54) is 27.8 Å². The van der Waals surface area contributed by atoms with Crippen molar-refractivity contribution >= 4 is 0 Å². The standard InChI is InChI=1S/C19H26N2O/c1-5-21(11-17-6-8-20-9-7-17)12-18-14(2)10-15(3)19(13-22)16(18)4/h6-10,22H,5,11-13H2,1-4H3. The van der Waals surface area contributed by atoms with Crippen LogP contribution in [0.5, 0.6) is 0 Å². The quantitative estimate of drug-likeness (QED) is 0.886. The van der Waals surface area contributed by atoms with Gasteiger partial charge in [-0.2, -0.15) is 0 Å². The molecule has 0 fully saturated rings. The molecule has 0 aliphatic rings. The third-order valence-electron chi connectivity index (χ3n) is 4.43. The Kier molecular flexibility index (Phi) is 5.69.